The van der Waals surface area contributed by atoms with Gasteiger partial charge in [0.05, 0.1) is 5.75 Å². The summed E-state index contributed by atoms with van der Waals surface area (Å²) in [6, 6.07) is 11.2. The van der Waals surface area contributed by atoms with Crippen LogP contribution >= 0.6 is 27.7 Å². The van der Waals surface area contributed by atoms with Gasteiger partial charge in [0.2, 0.25) is 0 Å². The Morgan fingerprint density at radius 3 is 2.87 bits per heavy atom. The van der Waals surface area contributed by atoms with Crippen LogP contribution in [0.2, 0.25) is 0 Å². The number of ketones is 1. The summed E-state index contributed by atoms with van der Waals surface area (Å²) >= 11 is 4.75. The van der Waals surface area contributed by atoms with Crippen molar-refractivity contribution >= 4 is 33.5 Å². The van der Waals surface area contributed by atoms with Gasteiger partial charge in [-0.25, -0.2) is 0 Å². The van der Waals surface area contributed by atoms with Gasteiger partial charge in [-0.1, -0.05) is 39.8 Å². The number of Topliss-reactive ketones (excluding diaryl/α,β-unsaturated/α-hetero) is 1. The molecule has 0 aliphatic heterocycles. The van der Waals surface area contributed by atoms with E-state index in [1.807, 2.05) is 48.0 Å². The van der Waals surface area contributed by atoms with Crippen molar-refractivity contribution in [1.29, 1.82) is 0 Å². The monoisotopic (exact) mass is 388 g/mol. The van der Waals surface area contributed by atoms with E-state index < -0.39 is 0 Å². The van der Waals surface area contributed by atoms with E-state index in [1.54, 1.807) is 12.4 Å². The maximum atomic E-state index is 12.2. The van der Waals surface area contributed by atoms with Crippen molar-refractivity contribution in [3.05, 3.63) is 58.8 Å². The van der Waals surface area contributed by atoms with Crippen molar-refractivity contribution < 1.29 is 4.79 Å². The van der Waals surface area contributed by atoms with Gasteiger partial charge in [0.1, 0.15) is 0 Å². The van der Waals surface area contributed by atoms with Gasteiger partial charge >= 0.3 is 0 Å². The lowest BCUT2D eigenvalue weighted by Crippen LogP contribution is -2.04. The number of benzene rings is 1. The zero-order valence-electron chi connectivity index (χ0n) is 12.3. The van der Waals surface area contributed by atoms with E-state index in [0.717, 1.165) is 15.9 Å². The minimum Gasteiger partial charge on any atom is -0.305 e. The molecule has 5 nitrogen and oxygen atoms in total. The number of hydrogen-bond donors (Lipinski definition) is 0. The lowest BCUT2D eigenvalue weighted by molar-refractivity contribution is 0.102. The third-order valence-corrected chi connectivity index (χ3v) is 4.75. The topological polar surface area (TPSA) is 60.7 Å². The van der Waals surface area contributed by atoms with Gasteiger partial charge in [-0.2, -0.15) is 0 Å². The Labute approximate surface area is 146 Å². The third kappa shape index (κ3) is 3.68. The van der Waals surface area contributed by atoms with Crippen LogP contribution in [0.1, 0.15) is 10.4 Å². The summed E-state index contributed by atoms with van der Waals surface area (Å²) in [7, 11) is 1.88. The van der Waals surface area contributed by atoms with E-state index in [4.69, 9.17) is 0 Å². The molecular weight excluding hydrogens is 376 g/mol. The SMILES string of the molecule is Cn1c(SCC(=O)c2cccc(Br)c2)nnc1-c1cccnc1. The van der Waals surface area contributed by atoms with E-state index in [0.29, 0.717) is 16.5 Å². The highest BCUT2D eigenvalue weighted by Crippen LogP contribution is 2.23. The fraction of sp³-hybridized carbons (Fsp3) is 0.125. The van der Waals surface area contributed by atoms with Gasteiger partial charge in [-0.15, -0.1) is 10.2 Å². The maximum Gasteiger partial charge on any atom is 0.191 e. The van der Waals surface area contributed by atoms with Gasteiger partial charge in [-0.05, 0) is 24.3 Å². The Balaban J connectivity index is 1.72. The lowest BCUT2D eigenvalue weighted by atomic mass is 10.2. The fourth-order valence-corrected chi connectivity index (χ4v) is 3.27. The molecule has 0 spiro atoms. The number of aromatic nitrogens is 4. The molecule has 2 aromatic heterocycles. The first-order valence-corrected chi connectivity index (χ1v) is 8.64. The molecule has 0 fully saturated rings. The number of rotatable bonds is 5. The summed E-state index contributed by atoms with van der Waals surface area (Å²) in [5.41, 5.74) is 1.58. The highest BCUT2D eigenvalue weighted by Gasteiger charge is 2.14. The highest BCUT2D eigenvalue weighted by atomic mass is 79.9. The summed E-state index contributed by atoms with van der Waals surface area (Å²) in [6.07, 6.45) is 3.46. The molecule has 0 radical (unpaired) electrons. The zero-order chi connectivity index (χ0) is 16.2. The molecule has 23 heavy (non-hydrogen) atoms. The van der Waals surface area contributed by atoms with Crippen LogP contribution in [-0.4, -0.2) is 31.3 Å². The van der Waals surface area contributed by atoms with Gasteiger partial charge in [0, 0.05) is 35.0 Å². The van der Waals surface area contributed by atoms with Crippen LogP contribution in [0.15, 0.2) is 58.4 Å². The second-order valence-corrected chi connectivity index (χ2v) is 6.69. The fourth-order valence-electron chi connectivity index (χ4n) is 2.06. The Kier molecular flexibility index (Phi) is 4.88. The number of hydrogen-bond acceptors (Lipinski definition) is 5. The molecule has 3 rings (SSSR count). The summed E-state index contributed by atoms with van der Waals surface area (Å²) in [4.78, 5) is 16.3. The van der Waals surface area contributed by atoms with Gasteiger partial charge in [-0.3, -0.25) is 9.78 Å². The molecule has 2 heterocycles. The average molecular weight is 389 g/mol. The molecule has 1 aromatic carbocycles. The third-order valence-electron chi connectivity index (χ3n) is 3.23. The van der Waals surface area contributed by atoms with E-state index in [1.165, 1.54) is 11.8 Å². The van der Waals surface area contributed by atoms with Crippen molar-refractivity contribution in [2.24, 2.45) is 7.05 Å². The van der Waals surface area contributed by atoms with E-state index in [2.05, 4.69) is 31.1 Å². The summed E-state index contributed by atoms with van der Waals surface area (Å²) in [6.45, 7) is 0. The highest BCUT2D eigenvalue weighted by molar-refractivity contribution is 9.10. The van der Waals surface area contributed by atoms with E-state index in [9.17, 15) is 4.79 Å². The Morgan fingerprint density at radius 2 is 2.13 bits per heavy atom. The smallest absolute Gasteiger partial charge is 0.191 e. The molecule has 3 aromatic rings. The molecule has 0 amide bonds. The predicted octanol–water partition coefficient (Wildman–Crippen LogP) is 3.61. The molecule has 116 valence electrons. The van der Waals surface area contributed by atoms with Crippen molar-refractivity contribution in [3.8, 4) is 11.4 Å². The molecule has 0 unspecified atom stereocenters. The van der Waals surface area contributed by atoms with Gasteiger partial charge in [0.15, 0.2) is 16.8 Å². The zero-order valence-corrected chi connectivity index (χ0v) is 14.7. The van der Waals surface area contributed by atoms with Crippen molar-refractivity contribution in [2.75, 3.05) is 5.75 Å². The quantitative estimate of drug-likeness (QED) is 0.493. The number of carbonyl (C=O) groups is 1. The van der Waals surface area contributed by atoms with Crippen LogP contribution in [0.25, 0.3) is 11.4 Å². The number of carbonyl (C=O) groups excluding carboxylic acids is 1. The normalized spacial score (nSPS) is 10.7. The van der Waals surface area contributed by atoms with Crippen LogP contribution in [0.4, 0.5) is 0 Å². The number of pyridine rings is 1. The number of halogens is 1. The Bertz CT molecular complexity index is 835. The van der Waals surface area contributed by atoms with Gasteiger partial charge in [0.25, 0.3) is 0 Å². The van der Waals surface area contributed by atoms with Crippen LogP contribution in [0.5, 0.6) is 0 Å². The van der Waals surface area contributed by atoms with Crippen LogP contribution < -0.4 is 0 Å². The molecule has 0 bridgehead atoms. The predicted molar refractivity (Wildman–Crippen MR) is 93.4 cm³/mol. The van der Waals surface area contributed by atoms with Crippen LogP contribution in [-0.2, 0) is 7.05 Å². The molecule has 0 saturated heterocycles. The van der Waals surface area contributed by atoms with Gasteiger partial charge < -0.3 is 4.57 Å². The molecule has 7 heteroatoms. The number of nitrogens with zero attached hydrogens (tertiary/aromatic N) is 4. The largest absolute Gasteiger partial charge is 0.305 e. The van der Waals surface area contributed by atoms with Crippen LogP contribution in [0, 0.1) is 0 Å². The molecule has 0 saturated carbocycles. The van der Waals surface area contributed by atoms with Crippen molar-refractivity contribution in [3.63, 3.8) is 0 Å². The maximum absolute atomic E-state index is 12.2. The first-order chi connectivity index (χ1) is 11.1. The summed E-state index contributed by atoms with van der Waals surface area (Å²) < 4.78 is 2.77. The summed E-state index contributed by atoms with van der Waals surface area (Å²) in [5.74, 6) is 1.10. The Morgan fingerprint density at radius 1 is 1.26 bits per heavy atom. The molecule has 0 aliphatic rings. The van der Waals surface area contributed by atoms with E-state index in [-0.39, 0.29) is 5.78 Å². The first-order valence-electron chi connectivity index (χ1n) is 6.86. The second-order valence-electron chi connectivity index (χ2n) is 4.83. The Hall–Kier alpha value is -1.99. The summed E-state index contributed by atoms with van der Waals surface area (Å²) in [5, 5.41) is 9.05. The molecule has 0 aliphatic carbocycles. The molecule has 0 N–H and O–H groups in total. The molecular formula is C16H13BrN4OS. The van der Waals surface area contributed by atoms with Crippen LogP contribution in [0.3, 0.4) is 0 Å². The van der Waals surface area contributed by atoms with E-state index >= 15 is 0 Å². The second kappa shape index (κ2) is 7.06. The van der Waals surface area contributed by atoms with Crippen molar-refractivity contribution in [2.45, 2.75) is 5.16 Å². The number of thioether (sulfide) groups is 1. The lowest BCUT2D eigenvalue weighted by Gasteiger charge is -2.04. The molecule has 0 atom stereocenters. The first kappa shape index (κ1) is 15.9. The minimum absolute atomic E-state index is 0.0576. The van der Waals surface area contributed by atoms with Crippen molar-refractivity contribution in [1.82, 2.24) is 19.7 Å². The standard InChI is InChI=1S/C16H13BrN4OS/c1-21-15(12-5-3-7-18-9-12)19-20-16(21)23-10-14(22)11-4-2-6-13(17)8-11/h2-9H,10H2,1H3. The average Bonchev–Trinajstić information content (AvgIpc) is 2.94. The minimum atomic E-state index is 0.0576.